The van der Waals surface area contributed by atoms with Crippen molar-refractivity contribution in [1.29, 1.82) is 0 Å². The Morgan fingerprint density at radius 2 is 1.96 bits per heavy atom. The van der Waals surface area contributed by atoms with Gasteiger partial charge in [0.05, 0.1) is 11.8 Å². The number of para-hydroxylation sites is 1. The Bertz CT molecular complexity index is 823. The van der Waals surface area contributed by atoms with E-state index < -0.39 is 6.10 Å². The normalized spacial score (nSPS) is 12.1. The van der Waals surface area contributed by atoms with Crippen molar-refractivity contribution in [2.45, 2.75) is 25.1 Å². The Balaban J connectivity index is 1.60. The van der Waals surface area contributed by atoms with Crippen molar-refractivity contribution >= 4 is 11.8 Å². The highest BCUT2D eigenvalue weighted by Crippen LogP contribution is 2.22. The summed E-state index contributed by atoms with van der Waals surface area (Å²) in [6.45, 7) is 4.30. The van der Waals surface area contributed by atoms with E-state index in [0.717, 1.165) is 17.0 Å². The lowest BCUT2D eigenvalue weighted by Crippen LogP contribution is -2.20. The SMILES string of the molecule is Cc1ccc(-n2nnnc2SCC(O)COc2ccccc2)c(C)c1. The third-order valence-corrected chi connectivity index (χ3v) is 4.68. The van der Waals surface area contributed by atoms with Crippen LogP contribution in [0.3, 0.4) is 0 Å². The molecule has 25 heavy (non-hydrogen) atoms. The number of rotatable bonds is 7. The average Bonchev–Trinajstić information content (AvgIpc) is 3.07. The Labute approximate surface area is 150 Å². The third-order valence-electron chi connectivity index (χ3n) is 3.61. The molecule has 130 valence electrons. The minimum absolute atomic E-state index is 0.224. The van der Waals surface area contributed by atoms with Gasteiger partial charge in [-0.3, -0.25) is 0 Å². The summed E-state index contributed by atoms with van der Waals surface area (Å²) in [4.78, 5) is 0. The molecule has 0 bridgehead atoms. The first-order valence-electron chi connectivity index (χ1n) is 7.98. The van der Waals surface area contributed by atoms with Crippen LogP contribution in [0.25, 0.3) is 5.69 Å². The lowest BCUT2D eigenvalue weighted by atomic mass is 10.1. The summed E-state index contributed by atoms with van der Waals surface area (Å²) >= 11 is 1.40. The Morgan fingerprint density at radius 1 is 1.16 bits per heavy atom. The molecule has 3 rings (SSSR count). The smallest absolute Gasteiger partial charge is 0.214 e. The minimum atomic E-state index is -0.616. The lowest BCUT2D eigenvalue weighted by molar-refractivity contribution is 0.126. The molecule has 0 saturated carbocycles. The van der Waals surface area contributed by atoms with Crippen molar-refractivity contribution in [2.24, 2.45) is 0 Å². The van der Waals surface area contributed by atoms with Crippen LogP contribution in [0.4, 0.5) is 0 Å². The number of ether oxygens (including phenoxy) is 1. The van der Waals surface area contributed by atoms with E-state index in [1.807, 2.05) is 49.4 Å². The molecule has 0 aliphatic rings. The summed E-state index contributed by atoms with van der Waals surface area (Å²) in [5.74, 6) is 1.18. The number of nitrogens with zero attached hydrogens (tertiary/aromatic N) is 4. The van der Waals surface area contributed by atoms with Crippen molar-refractivity contribution in [1.82, 2.24) is 20.2 Å². The van der Waals surface area contributed by atoms with Crippen LogP contribution >= 0.6 is 11.8 Å². The highest BCUT2D eigenvalue weighted by atomic mass is 32.2. The van der Waals surface area contributed by atoms with Gasteiger partial charge in [-0.15, -0.1) is 5.10 Å². The van der Waals surface area contributed by atoms with Crippen molar-refractivity contribution in [3.63, 3.8) is 0 Å². The standard InChI is InChI=1S/C18H20N4O2S/c1-13-8-9-17(14(2)10-13)22-18(19-20-21-22)25-12-15(23)11-24-16-6-4-3-5-7-16/h3-10,15,23H,11-12H2,1-2H3. The zero-order valence-corrected chi connectivity index (χ0v) is 15.0. The van der Waals surface area contributed by atoms with Crippen LogP contribution in [0, 0.1) is 13.8 Å². The second-order valence-corrected chi connectivity index (χ2v) is 6.74. The highest BCUT2D eigenvalue weighted by molar-refractivity contribution is 7.99. The number of hydrogen-bond acceptors (Lipinski definition) is 6. The molecule has 0 amide bonds. The molecule has 2 aromatic carbocycles. The number of aromatic nitrogens is 4. The van der Waals surface area contributed by atoms with Gasteiger partial charge in [0.1, 0.15) is 12.4 Å². The van der Waals surface area contributed by atoms with E-state index in [1.54, 1.807) is 4.68 Å². The molecular weight excluding hydrogens is 336 g/mol. The summed E-state index contributed by atoms with van der Waals surface area (Å²) in [5.41, 5.74) is 3.23. The van der Waals surface area contributed by atoms with Crippen LogP contribution in [0.2, 0.25) is 0 Å². The summed E-state index contributed by atoms with van der Waals surface area (Å²) in [5, 5.41) is 22.7. The highest BCUT2D eigenvalue weighted by Gasteiger charge is 2.14. The fourth-order valence-electron chi connectivity index (χ4n) is 2.39. The second-order valence-electron chi connectivity index (χ2n) is 5.75. The maximum Gasteiger partial charge on any atom is 0.214 e. The molecule has 0 aliphatic heterocycles. The molecule has 1 aromatic heterocycles. The first kappa shape index (κ1) is 17.4. The monoisotopic (exact) mass is 356 g/mol. The number of aliphatic hydroxyl groups is 1. The van der Waals surface area contributed by atoms with Gasteiger partial charge in [0.2, 0.25) is 5.16 Å². The van der Waals surface area contributed by atoms with E-state index in [0.29, 0.717) is 10.9 Å². The molecule has 6 nitrogen and oxygen atoms in total. The zero-order chi connectivity index (χ0) is 17.6. The molecule has 0 radical (unpaired) electrons. The Morgan fingerprint density at radius 3 is 2.72 bits per heavy atom. The summed E-state index contributed by atoms with van der Waals surface area (Å²) in [7, 11) is 0. The molecule has 0 saturated heterocycles. The van der Waals surface area contributed by atoms with Gasteiger partial charge in [0.25, 0.3) is 0 Å². The average molecular weight is 356 g/mol. The van der Waals surface area contributed by atoms with Gasteiger partial charge in [-0.25, -0.2) is 0 Å². The first-order valence-corrected chi connectivity index (χ1v) is 8.97. The van der Waals surface area contributed by atoms with Gasteiger partial charge in [-0.2, -0.15) is 4.68 Å². The molecule has 1 unspecified atom stereocenters. The lowest BCUT2D eigenvalue weighted by Gasteiger charge is -2.12. The number of benzene rings is 2. The van der Waals surface area contributed by atoms with Crippen LogP contribution in [-0.2, 0) is 0 Å². The van der Waals surface area contributed by atoms with Crippen molar-refractivity contribution in [3.05, 3.63) is 59.7 Å². The number of hydrogen-bond donors (Lipinski definition) is 1. The van der Waals surface area contributed by atoms with Gasteiger partial charge in [0.15, 0.2) is 0 Å². The largest absolute Gasteiger partial charge is 0.491 e. The second kappa shape index (κ2) is 8.13. The maximum atomic E-state index is 10.1. The predicted octanol–water partition coefficient (Wildman–Crippen LogP) is 2.81. The van der Waals surface area contributed by atoms with Crippen LogP contribution in [0.1, 0.15) is 11.1 Å². The van der Waals surface area contributed by atoms with Crippen LogP contribution in [0.15, 0.2) is 53.7 Å². The van der Waals surface area contributed by atoms with Crippen molar-refractivity contribution < 1.29 is 9.84 Å². The molecule has 0 fully saturated rings. The summed E-state index contributed by atoms with van der Waals surface area (Å²) in [6.07, 6.45) is -0.616. The maximum absolute atomic E-state index is 10.1. The molecule has 1 atom stereocenters. The number of aryl methyl sites for hydroxylation is 2. The Kier molecular flexibility index (Phi) is 5.67. The fourth-order valence-corrected chi connectivity index (χ4v) is 3.18. The van der Waals surface area contributed by atoms with Crippen LogP contribution in [-0.4, -0.2) is 43.8 Å². The molecule has 0 spiro atoms. The fraction of sp³-hybridized carbons (Fsp3) is 0.278. The van der Waals surface area contributed by atoms with Gasteiger partial charge in [-0.05, 0) is 48.0 Å². The van der Waals surface area contributed by atoms with E-state index in [1.165, 1.54) is 17.3 Å². The summed E-state index contributed by atoms with van der Waals surface area (Å²) < 4.78 is 7.26. The number of aliphatic hydroxyl groups excluding tert-OH is 1. The number of thioether (sulfide) groups is 1. The van der Waals surface area contributed by atoms with E-state index in [9.17, 15) is 5.11 Å². The van der Waals surface area contributed by atoms with E-state index in [2.05, 4.69) is 28.5 Å². The van der Waals surface area contributed by atoms with E-state index in [-0.39, 0.29) is 6.61 Å². The molecule has 3 aromatic rings. The van der Waals surface area contributed by atoms with Crippen molar-refractivity contribution in [3.8, 4) is 11.4 Å². The molecule has 0 aliphatic carbocycles. The molecule has 1 heterocycles. The minimum Gasteiger partial charge on any atom is -0.491 e. The third kappa shape index (κ3) is 4.58. The number of tetrazole rings is 1. The molecule has 1 N–H and O–H groups in total. The quantitative estimate of drug-likeness (QED) is 0.656. The topological polar surface area (TPSA) is 73.1 Å². The van der Waals surface area contributed by atoms with E-state index in [4.69, 9.17) is 4.74 Å². The van der Waals surface area contributed by atoms with E-state index >= 15 is 0 Å². The predicted molar refractivity (Wildman–Crippen MR) is 97.3 cm³/mol. The van der Waals surface area contributed by atoms with Gasteiger partial charge < -0.3 is 9.84 Å². The molecule has 7 heteroatoms. The van der Waals surface area contributed by atoms with Crippen LogP contribution in [0.5, 0.6) is 5.75 Å². The molecular formula is C18H20N4O2S. The van der Waals surface area contributed by atoms with Gasteiger partial charge >= 0.3 is 0 Å². The van der Waals surface area contributed by atoms with Gasteiger partial charge in [-0.1, -0.05) is 47.7 Å². The Hall–Kier alpha value is -2.38. The van der Waals surface area contributed by atoms with Crippen molar-refractivity contribution in [2.75, 3.05) is 12.4 Å². The zero-order valence-electron chi connectivity index (χ0n) is 14.2. The summed E-state index contributed by atoms with van der Waals surface area (Å²) in [6, 6.07) is 15.6. The van der Waals surface area contributed by atoms with Crippen LogP contribution < -0.4 is 4.74 Å². The first-order chi connectivity index (χ1) is 12.1. The van der Waals surface area contributed by atoms with Gasteiger partial charge in [0, 0.05) is 5.75 Å².